The molecule has 0 amide bonds. The quantitative estimate of drug-likeness (QED) is 0.837. The van der Waals surface area contributed by atoms with Crippen molar-refractivity contribution >= 4 is 5.90 Å². The number of aromatic nitrogens is 1. The molecule has 2 saturated heterocycles. The van der Waals surface area contributed by atoms with Crippen LogP contribution in [0.1, 0.15) is 24.2 Å². The highest BCUT2D eigenvalue weighted by molar-refractivity contribution is 5.89. The lowest BCUT2D eigenvalue weighted by Crippen LogP contribution is -2.57. The smallest absolute Gasteiger partial charge is 0.244 e. The van der Waals surface area contributed by atoms with Crippen molar-refractivity contribution in [2.45, 2.75) is 18.8 Å². The third-order valence-electron chi connectivity index (χ3n) is 6.17. The van der Waals surface area contributed by atoms with Gasteiger partial charge in [0.05, 0.1) is 31.2 Å². The summed E-state index contributed by atoms with van der Waals surface area (Å²) < 4.78 is 17.5. The van der Waals surface area contributed by atoms with Crippen LogP contribution in [0.4, 0.5) is 0 Å². The number of benzene rings is 1. The number of nitrogens with zero attached hydrogens (tertiary/aromatic N) is 4. The molecule has 8 nitrogen and oxygen atoms in total. The second-order valence-corrected chi connectivity index (χ2v) is 7.28. The number of rotatable bonds is 3. The monoisotopic (exact) mass is 399 g/mol. The molecule has 1 aromatic carbocycles. The van der Waals surface area contributed by atoms with Gasteiger partial charge in [-0.15, -0.1) is 0 Å². The van der Waals surface area contributed by atoms with Gasteiger partial charge in [-0.25, -0.2) is 0 Å². The Balaban J connectivity index is 2.01. The van der Waals surface area contributed by atoms with Crippen LogP contribution in [0.25, 0.3) is 0 Å². The van der Waals surface area contributed by atoms with E-state index in [1.54, 1.807) is 50.4 Å². The second kappa shape index (κ2) is 6.56. The van der Waals surface area contributed by atoms with E-state index in [9.17, 15) is 15.8 Å². The van der Waals surface area contributed by atoms with Gasteiger partial charge in [0.1, 0.15) is 11.9 Å². The minimum absolute atomic E-state index is 0.451. The lowest BCUT2D eigenvalue weighted by atomic mass is 9.53. The number of hydrogen-bond acceptors (Lipinski definition) is 8. The number of methoxy groups -OCH3 is 1. The average molecular weight is 399 g/mol. The molecule has 4 atom stereocenters. The molecule has 0 radical (unpaired) electrons. The summed E-state index contributed by atoms with van der Waals surface area (Å²) in [6, 6.07) is 16.3. The van der Waals surface area contributed by atoms with Crippen LogP contribution in [0.3, 0.4) is 0 Å². The van der Waals surface area contributed by atoms with Crippen molar-refractivity contribution in [1.29, 1.82) is 21.2 Å². The Labute approximate surface area is 173 Å². The molecule has 2 bridgehead atoms. The van der Waals surface area contributed by atoms with Crippen LogP contribution in [0.15, 0.2) is 48.8 Å². The molecular formula is C22H17N5O3. The molecule has 4 unspecified atom stereocenters. The van der Waals surface area contributed by atoms with Crippen LogP contribution in [0, 0.1) is 56.2 Å². The topological polar surface area (TPSA) is 136 Å². The third-order valence-corrected chi connectivity index (χ3v) is 6.17. The molecule has 8 heteroatoms. The van der Waals surface area contributed by atoms with Crippen molar-refractivity contribution in [3.05, 3.63) is 59.9 Å². The Bertz CT molecular complexity index is 1110. The highest BCUT2D eigenvalue weighted by Crippen LogP contribution is 2.68. The summed E-state index contributed by atoms with van der Waals surface area (Å²) in [6.45, 7) is 1.67. The molecule has 2 aromatic rings. The lowest BCUT2D eigenvalue weighted by molar-refractivity contribution is -0.288. The summed E-state index contributed by atoms with van der Waals surface area (Å²) in [5.41, 5.74) is -2.77. The fourth-order valence-electron chi connectivity index (χ4n) is 4.53. The van der Waals surface area contributed by atoms with Crippen LogP contribution in [0.2, 0.25) is 0 Å². The molecule has 3 heterocycles. The van der Waals surface area contributed by atoms with Crippen molar-refractivity contribution in [1.82, 2.24) is 4.98 Å². The van der Waals surface area contributed by atoms with Crippen LogP contribution in [0.5, 0.6) is 5.75 Å². The van der Waals surface area contributed by atoms with Crippen molar-refractivity contribution in [3.63, 3.8) is 0 Å². The second-order valence-electron chi connectivity index (χ2n) is 7.28. The molecule has 2 aliphatic heterocycles. The first kappa shape index (κ1) is 19.4. The van der Waals surface area contributed by atoms with Crippen LogP contribution in [-0.2, 0) is 15.3 Å². The Hall–Kier alpha value is -3.93. The summed E-state index contributed by atoms with van der Waals surface area (Å²) >= 11 is 0. The van der Waals surface area contributed by atoms with Gasteiger partial charge >= 0.3 is 0 Å². The third kappa shape index (κ3) is 2.10. The van der Waals surface area contributed by atoms with Gasteiger partial charge in [-0.3, -0.25) is 10.4 Å². The van der Waals surface area contributed by atoms with Crippen LogP contribution < -0.4 is 4.74 Å². The number of fused-ring (bicyclic) bond motifs is 2. The summed E-state index contributed by atoms with van der Waals surface area (Å²) in [7, 11) is 1.54. The Morgan fingerprint density at radius 1 is 1.03 bits per heavy atom. The average Bonchev–Trinajstić information content (AvgIpc) is 2.96. The Morgan fingerprint density at radius 3 is 2.20 bits per heavy atom. The van der Waals surface area contributed by atoms with E-state index in [2.05, 4.69) is 11.1 Å². The minimum atomic E-state index is -1.99. The summed E-state index contributed by atoms with van der Waals surface area (Å²) in [6.07, 6.45) is 1.89. The predicted molar refractivity (Wildman–Crippen MR) is 102 cm³/mol. The molecule has 0 spiro atoms. The van der Waals surface area contributed by atoms with E-state index in [0.717, 1.165) is 0 Å². The van der Waals surface area contributed by atoms with Crippen molar-refractivity contribution < 1.29 is 14.2 Å². The first-order valence-corrected chi connectivity index (χ1v) is 9.20. The van der Waals surface area contributed by atoms with Crippen LogP contribution in [-0.4, -0.2) is 18.0 Å². The first-order valence-electron chi connectivity index (χ1n) is 9.20. The molecule has 1 aromatic heterocycles. The Morgan fingerprint density at radius 2 is 1.67 bits per heavy atom. The van der Waals surface area contributed by atoms with Gasteiger partial charge < -0.3 is 14.2 Å². The largest absolute Gasteiger partial charge is 0.497 e. The van der Waals surface area contributed by atoms with E-state index in [0.29, 0.717) is 16.9 Å². The number of nitriles is 3. The van der Waals surface area contributed by atoms with Gasteiger partial charge in [0, 0.05) is 18.0 Å². The van der Waals surface area contributed by atoms with E-state index in [4.69, 9.17) is 19.6 Å². The number of ether oxygens (including phenoxy) is 3. The van der Waals surface area contributed by atoms with E-state index < -0.39 is 34.5 Å². The normalized spacial score (nSPS) is 31.0. The summed E-state index contributed by atoms with van der Waals surface area (Å²) in [5, 5.41) is 39.1. The zero-order valence-electron chi connectivity index (χ0n) is 16.3. The lowest BCUT2D eigenvalue weighted by Gasteiger charge is -2.48. The zero-order chi connectivity index (χ0) is 21.6. The molecule has 4 rings (SSSR count). The van der Waals surface area contributed by atoms with Gasteiger partial charge in [0.15, 0.2) is 5.41 Å². The van der Waals surface area contributed by atoms with Crippen molar-refractivity contribution in [3.8, 4) is 24.0 Å². The fraction of sp³-hybridized carbons (Fsp3) is 0.318. The maximum atomic E-state index is 10.3. The van der Waals surface area contributed by atoms with E-state index in [-0.39, 0.29) is 0 Å². The minimum Gasteiger partial charge on any atom is -0.497 e. The zero-order valence-corrected chi connectivity index (χ0v) is 16.3. The SMILES string of the molecule is COc1ccc(C23OC(=N)C(C#N)(C2C)C(C#N)(C#N)C(c2ccncc2)O3)cc1. The number of nitrogens with one attached hydrogen (secondary N) is 1. The van der Waals surface area contributed by atoms with Crippen molar-refractivity contribution in [2.75, 3.05) is 7.11 Å². The highest BCUT2D eigenvalue weighted by Gasteiger charge is 2.79. The predicted octanol–water partition coefficient (Wildman–Crippen LogP) is 3.20. The van der Waals surface area contributed by atoms with Gasteiger partial charge in [-0.1, -0.05) is 6.92 Å². The fourth-order valence-corrected chi connectivity index (χ4v) is 4.53. The molecule has 0 aliphatic carbocycles. The summed E-state index contributed by atoms with van der Waals surface area (Å²) in [4.78, 5) is 3.98. The molecule has 0 saturated carbocycles. The van der Waals surface area contributed by atoms with Gasteiger partial charge in [0.2, 0.25) is 17.1 Å². The first-order chi connectivity index (χ1) is 14.5. The number of pyridine rings is 1. The molecule has 30 heavy (non-hydrogen) atoms. The maximum absolute atomic E-state index is 10.3. The highest BCUT2D eigenvalue weighted by atomic mass is 16.7. The molecular weight excluding hydrogens is 382 g/mol. The molecule has 2 aliphatic rings. The molecule has 1 N–H and O–H groups in total. The van der Waals surface area contributed by atoms with E-state index >= 15 is 0 Å². The molecule has 148 valence electrons. The van der Waals surface area contributed by atoms with E-state index in [1.165, 1.54) is 12.4 Å². The van der Waals surface area contributed by atoms with E-state index in [1.807, 2.05) is 12.1 Å². The Kier molecular flexibility index (Phi) is 4.24. The van der Waals surface area contributed by atoms with Crippen LogP contribution >= 0.6 is 0 Å². The van der Waals surface area contributed by atoms with Crippen molar-refractivity contribution in [2.24, 2.45) is 16.7 Å². The van der Waals surface area contributed by atoms with Gasteiger partial charge in [-0.05, 0) is 42.0 Å². The number of hydrogen-bond donors (Lipinski definition) is 1. The van der Waals surface area contributed by atoms with Gasteiger partial charge in [-0.2, -0.15) is 15.8 Å². The standard InChI is InChI=1S/C22H17N5O3/c1-14-21(13-25)19(26)30-22(14,16-3-5-17(28-2)6-4-16)29-18(20(21,11-23)12-24)15-7-9-27-10-8-15/h3-10,14,18,26H,1-2H3. The maximum Gasteiger partial charge on any atom is 0.244 e. The molecule has 2 fully saturated rings. The summed E-state index contributed by atoms with van der Waals surface area (Å²) in [5.74, 6) is -2.17. The van der Waals surface area contributed by atoms with Gasteiger partial charge in [0.25, 0.3) is 0 Å².